The molecule has 0 aromatic rings. The maximum Gasteiger partial charge on any atom is 0.209 e. The van der Waals surface area contributed by atoms with Gasteiger partial charge in [0.2, 0.25) is 12.2 Å². The Morgan fingerprint density at radius 2 is 2.55 bits per heavy atom. The van der Waals surface area contributed by atoms with Crippen molar-refractivity contribution in [3.05, 3.63) is 6.42 Å². The summed E-state index contributed by atoms with van der Waals surface area (Å²) in [6.07, 6.45) is 6.05. The number of hydrogen-bond acceptors (Lipinski definition) is 2. The smallest absolute Gasteiger partial charge is 0.209 e. The van der Waals surface area contributed by atoms with Crippen LogP contribution < -0.4 is 5.73 Å². The molecule has 1 aliphatic heterocycles. The standard InChI is InChI=1S/C7H11N4/c8-6-10-7(9)11-4-2-1-3-5-11/h2H,1,3-5H2,(H2,9,10). The van der Waals surface area contributed by atoms with E-state index < -0.39 is 0 Å². The Hall–Kier alpha value is -1.24. The van der Waals surface area contributed by atoms with Crippen molar-refractivity contribution in [3.8, 4) is 6.19 Å². The summed E-state index contributed by atoms with van der Waals surface area (Å²) in [6, 6.07) is 0. The summed E-state index contributed by atoms with van der Waals surface area (Å²) in [7, 11) is 0. The van der Waals surface area contributed by atoms with E-state index in [0.717, 1.165) is 25.9 Å². The molecule has 11 heavy (non-hydrogen) atoms. The first-order valence-corrected chi connectivity index (χ1v) is 3.63. The van der Waals surface area contributed by atoms with Gasteiger partial charge in [-0.1, -0.05) is 0 Å². The molecule has 0 aromatic carbocycles. The second kappa shape index (κ2) is 3.81. The van der Waals surface area contributed by atoms with E-state index >= 15 is 0 Å². The molecule has 1 aliphatic rings. The quantitative estimate of drug-likeness (QED) is 0.303. The SMILES string of the molecule is N#CN=C(N)N1C[CH]CCC1. The zero-order valence-electron chi connectivity index (χ0n) is 6.32. The minimum Gasteiger partial charge on any atom is -0.369 e. The highest BCUT2D eigenvalue weighted by Gasteiger charge is 2.11. The van der Waals surface area contributed by atoms with Gasteiger partial charge in [0.05, 0.1) is 0 Å². The number of nitriles is 1. The molecule has 0 aromatic heterocycles. The summed E-state index contributed by atoms with van der Waals surface area (Å²) in [4.78, 5) is 5.35. The average molecular weight is 151 g/mol. The normalized spacial score (nSPS) is 19.5. The van der Waals surface area contributed by atoms with Crippen molar-refractivity contribution in [2.24, 2.45) is 10.7 Å². The van der Waals surface area contributed by atoms with Crippen LogP contribution in [0.3, 0.4) is 0 Å². The third-order valence-corrected chi connectivity index (χ3v) is 1.67. The third-order valence-electron chi connectivity index (χ3n) is 1.67. The summed E-state index contributed by atoms with van der Waals surface area (Å²) in [5, 5.41) is 8.21. The maximum absolute atomic E-state index is 8.21. The second-order valence-corrected chi connectivity index (χ2v) is 2.45. The number of hydrogen-bond donors (Lipinski definition) is 1. The molecule has 0 spiro atoms. The highest BCUT2D eigenvalue weighted by molar-refractivity contribution is 5.79. The molecule has 0 saturated carbocycles. The lowest BCUT2D eigenvalue weighted by Crippen LogP contribution is -2.40. The Bertz CT molecular complexity index is 185. The van der Waals surface area contributed by atoms with Crippen molar-refractivity contribution in [1.82, 2.24) is 4.90 Å². The van der Waals surface area contributed by atoms with E-state index in [2.05, 4.69) is 11.4 Å². The highest BCUT2D eigenvalue weighted by atomic mass is 15.2. The number of nitrogens with two attached hydrogens (primary N) is 1. The molecule has 59 valence electrons. The van der Waals surface area contributed by atoms with Crippen LogP contribution in [0.4, 0.5) is 0 Å². The molecule has 0 aliphatic carbocycles. The molecule has 2 N–H and O–H groups in total. The predicted molar refractivity (Wildman–Crippen MR) is 42.3 cm³/mol. The summed E-state index contributed by atoms with van der Waals surface area (Å²) in [5.41, 5.74) is 5.49. The van der Waals surface area contributed by atoms with E-state index in [-0.39, 0.29) is 0 Å². The summed E-state index contributed by atoms with van der Waals surface area (Å²) in [5.74, 6) is 0.337. The average Bonchev–Trinajstić information content (AvgIpc) is 2.07. The van der Waals surface area contributed by atoms with Crippen LogP contribution in [-0.4, -0.2) is 23.9 Å². The van der Waals surface area contributed by atoms with Gasteiger partial charge in [-0.2, -0.15) is 5.26 Å². The van der Waals surface area contributed by atoms with Crippen molar-refractivity contribution < 1.29 is 0 Å². The van der Waals surface area contributed by atoms with E-state index in [9.17, 15) is 0 Å². The fraction of sp³-hybridized carbons (Fsp3) is 0.571. The second-order valence-electron chi connectivity index (χ2n) is 2.45. The summed E-state index contributed by atoms with van der Waals surface area (Å²) < 4.78 is 0. The first-order chi connectivity index (χ1) is 5.34. The highest BCUT2D eigenvalue weighted by Crippen LogP contribution is 2.06. The molecule has 4 nitrogen and oxygen atoms in total. The Morgan fingerprint density at radius 1 is 1.73 bits per heavy atom. The molecule has 1 fully saturated rings. The van der Waals surface area contributed by atoms with Crippen LogP contribution in [0, 0.1) is 17.9 Å². The van der Waals surface area contributed by atoms with Gasteiger partial charge >= 0.3 is 0 Å². The van der Waals surface area contributed by atoms with Crippen LogP contribution >= 0.6 is 0 Å². The first kappa shape index (κ1) is 7.86. The summed E-state index contributed by atoms with van der Waals surface area (Å²) >= 11 is 0. The number of piperidine rings is 1. The van der Waals surface area contributed by atoms with Gasteiger partial charge in [0.25, 0.3) is 0 Å². The molecular formula is C7H11N4. The molecule has 1 radical (unpaired) electrons. The van der Waals surface area contributed by atoms with Crippen LogP contribution in [0.5, 0.6) is 0 Å². The predicted octanol–water partition coefficient (Wildman–Crippen LogP) is 0.0823. The largest absolute Gasteiger partial charge is 0.369 e. The van der Waals surface area contributed by atoms with E-state index in [1.54, 1.807) is 6.19 Å². The molecule has 0 atom stereocenters. The van der Waals surface area contributed by atoms with Crippen molar-refractivity contribution in [3.63, 3.8) is 0 Å². The Balaban J connectivity index is 2.46. The number of guanidine groups is 1. The minimum absolute atomic E-state index is 0.337. The molecular weight excluding hydrogens is 140 g/mol. The van der Waals surface area contributed by atoms with Gasteiger partial charge in [-0.3, -0.25) is 0 Å². The fourth-order valence-corrected chi connectivity index (χ4v) is 1.09. The Kier molecular flexibility index (Phi) is 2.73. The van der Waals surface area contributed by atoms with Gasteiger partial charge in [-0.05, 0) is 19.3 Å². The third kappa shape index (κ3) is 2.11. The van der Waals surface area contributed by atoms with Crippen molar-refractivity contribution in [1.29, 1.82) is 5.26 Å². The molecule has 1 saturated heterocycles. The Morgan fingerprint density at radius 3 is 3.09 bits per heavy atom. The molecule has 0 bridgehead atoms. The lowest BCUT2D eigenvalue weighted by atomic mass is 10.1. The van der Waals surface area contributed by atoms with Gasteiger partial charge in [0.15, 0.2) is 0 Å². The van der Waals surface area contributed by atoms with Crippen molar-refractivity contribution in [2.75, 3.05) is 13.1 Å². The number of likely N-dealkylation sites (tertiary alicyclic amines) is 1. The van der Waals surface area contributed by atoms with E-state index in [0.29, 0.717) is 5.96 Å². The van der Waals surface area contributed by atoms with E-state index in [4.69, 9.17) is 11.0 Å². The number of aliphatic imine (C=N–C) groups is 1. The van der Waals surface area contributed by atoms with Crippen LogP contribution in [0.1, 0.15) is 12.8 Å². The van der Waals surface area contributed by atoms with Crippen LogP contribution in [0.25, 0.3) is 0 Å². The van der Waals surface area contributed by atoms with Crippen LogP contribution in [0.15, 0.2) is 4.99 Å². The van der Waals surface area contributed by atoms with Gasteiger partial charge in [0, 0.05) is 13.1 Å². The van der Waals surface area contributed by atoms with Gasteiger partial charge in [0.1, 0.15) is 0 Å². The topological polar surface area (TPSA) is 65.4 Å². The zero-order chi connectivity index (χ0) is 8.10. The molecule has 4 heteroatoms. The van der Waals surface area contributed by atoms with Gasteiger partial charge in [-0.25, -0.2) is 0 Å². The van der Waals surface area contributed by atoms with Gasteiger partial charge < -0.3 is 10.6 Å². The van der Waals surface area contributed by atoms with Crippen molar-refractivity contribution >= 4 is 5.96 Å². The zero-order valence-corrected chi connectivity index (χ0v) is 6.32. The van der Waals surface area contributed by atoms with Crippen LogP contribution in [-0.2, 0) is 0 Å². The van der Waals surface area contributed by atoms with Gasteiger partial charge in [-0.15, -0.1) is 4.99 Å². The molecule has 0 unspecified atom stereocenters. The lowest BCUT2D eigenvalue weighted by molar-refractivity contribution is 0.390. The number of nitrogens with zero attached hydrogens (tertiary/aromatic N) is 3. The monoisotopic (exact) mass is 151 g/mol. The molecule has 1 heterocycles. The van der Waals surface area contributed by atoms with Crippen LogP contribution in [0.2, 0.25) is 0 Å². The van der Waals surface area contributed by atoms with E-state index in [1.165, 1.54) is 0 Å². The maximum atomic E-state index is 8.21. The summed E-state index contributed by atoms with van der Waals surface area (Å²) in [6.45, 7) is 1.73. The first-order valence-electron chi connectivity index (χ1n) is 3.63. The molecule has 1 rings (SSSR count). The minimum atomic E-state index is 0.337. The van der Waals surface area contributed by atoms with E-state index in [1.807, 2.05) is 4.90 Å². The molecule has 0 amide bonds. The fourth-order valence-electron chi connectivity index (χ4n) is 1.09. The van der Waals surface area contributed by atoms with Crippen molar-refractivity contribution in [2.45, 2.75) is 12.8 Å². The lowest BCUT2D eigenvalue weighted by Gasteiger charge is -2.26. The Labute approximate surface area is 66.3 Å². The number of rotatable bonds is 0.